The van der Waals surface area contributed by atoms with Crippen LogP contribution in [0.2, 0.25) is 0 Å². The van der Waals surface area contributed by atoms with Gasteiger partial charge in [-0.1, -0.05) is 18.2 Å². The molecule has 0 aliphatic rings. The molecule has 2 aromatic carbocycles. The van der Waals surface area contributed by atoms with Crippen LogP contribution in [0.4, 0.5) is 14.9 Å². The zero-order chi connectivity index (χ0) is 20.3. The van der Waals surface area contributed by atoms with Crippen molar-refractivity contribution in [3.8, 4) is 16.8 Å². The van der Waals surface area contributed by atoms with E-state index in [1.807, 2.05) is 20.8 Å². The van der Waals surface area contributed by atoms with Crippen LogP contribution in [0, 0.1) is 12.7 Å². The predicted molar refractivity (Wildman–Crippen MR) is 109 cm³/mol. The van der Waals surface area contributed by atoms with Crippen LogP contribution in [0.3, 0.4) is 0 Å². The molecule has 2 N–H and O–H groups in total. The summed E-state index contributed by atoms with van der Waals surface area (Å²) in [7, 11) is 0. The smallest absolute Gasteiger partial charge is 0.319 e. The minimum absolute atomic E-state index is 0.0150. The van der Waals surface area contributed by atoms with Crippen LogP contribution in [0.15, 0.2) is 65.6 Å². The first kappa shape index (κ1) is 19.4. The van der Waals surface area contributed by atoms with Gasteiger partial charge in [0.25, 0.3) is 5.56 Å². The van der Waals surface area contributed by atoms with E-state index in [-0.39, 0.29) is 23.4 Å². The topological polar surface area (TPSA) is 63.1 Å². The van der Waals surface area contributed by atoms with Gasteiger partial charge in [0.15, 0.2) is 0 Å². The third-order valence-electron chi connectivity index (χ3n) is 4.22. The Labute approximate surface area is 162 Å². The minimum atomic E-state index is -0.312. The van der Waals surface area contributed by atoms with Crippen LogP contribution in [-0.2, 0) is 0 Å². The molecule has 6 heteroatoms. The normalized spacial score (nSPS) is 10.8. The number of anilines is 1. The largest absolute Gasteiger partial charge is 0.336 e. The van der Waals surface area contributed by atoms with E-state index in [2.05, 4.69) is 10.6 Å². The van der Waals surface area contributed by atoms with Crippen LogP contribution in [0.5, 0.6) is 0 Å². The molecular formula is C22H22FN3O2. The van der Waals surface area contributed by atoms with Gasteiger partial charge in [0, 0.05) is 29.6 Å². The summed E-state index contributed by atoms with van der Waals surface area (Å²) in [6.07, 6.45) is 1.73. The highest BCUT2D eigenvalue weighted by molar-refractivity contribution is 5.89. The van der Waals surface area contributed by atoms with Gasteiger partial charge in [-0.25, -0.2) is 9.18 Å². The number of nitrogens with zero attached hydrogens (tertiary/aromatic N) is 1. The van der Waals surface area contributed by atoms with E-state index in [1.165, 1.54) is 16.7 Å². The van der Waals surface area contributed by atoms with Gasteiger partial charge in [0.2, 0.25) is 0 Å². The average molecular weight is 379 g/mol. The fraction of sp³-hybridized carbons (Fsp3) is 0.182. The number of urea groups is 1. The van der Waals surface area contributed by atoms with E-state index >= 15 is 0 Å². The highest BCUT2D eigenvalue weighted by Crippen LogP contribution is 2.24. The lowest BCUT2D eigenvalue weighted by Gasteiger charge is -2.14. The highest BCUT2D eigenvalue weighted by Gasteiger charge is 2.09. The average Bonchev–Trinajstić information content (AvgIpc) is 2.62. The number of amides is 2. The zero-order valence-electron chi connectivity index (χ0n) is 16.0. The number of aryl methyl sites for hydroxylation is 1. The molecule has 0 atom stereocenters. The number of nitrogens with one attached hydrogen (secondary N) is 2. The lowest BCUT2D eigenvalue weighted by Crippen LogP contribution is -2.34. The van der Waals surface area contributed by atoms with Gasteiger partial charge in [-0.3, -0.25) is 9.36 Å². The Kier molecular flexibility index (Phi) is 5.59. The Bertz CT molecular complexity index is 1060. The second-order valence-corrected chi connectivity index (χ2v) is 6.89. The van der Waals surface area contributed by atoms with Crippen molar-refractivity contribution < 1.29 is 9.18 Å². The molecule has 0 aliphatic heterocycles. The predicted octanol–water partition coefficient (Wildman–Crippen LogP) is 4.48. The molecule has 0 bridgehead atoms. The molecule has 2 amide bonds. The number of hydrogen-bond acceptors (Lipinski definition) is 2. The van der Waals surface area contributed by atoms with Gasteiger partial charge in [0.1, 0.15) is 5.82 Å². The molecule has 1 heterocycles. The van der Waals surface area contributed by atoms with Gasteiger partial charge >= 0.3 is 6.03 Å². The van der Waals surface area contributed by atoms with E-state index in [1.54, 1.807) is 48.7 Å². The second kappa shape index (κ2) is 8.08. The Morgan fingerprint density at radius 3 is 2.46 bits per heavy atom. The standard InChI is InChI=1S/C22H22FN3O2/c1-14(2)24-22(28)25-18-5-4-6-19(12-18)26-13-20(15(3)11-21(26)27)16-7-9-17(23)10-8-16/h4-14H,1-3H3,(H2,24,25,28). The molecular weight excluding hydrogens is 357 g/mol. The van der Waals surface area contributed by atoms with Crippen molar-refractivity contribution in [2.45, 2.75) is 26.8 Å². The lowest BCUT2D eigenvalue weighted by atomic mass is 10.0. The molecule has 1 aromatic heterocycles. The molecule has 0 unspecified atom stereocenters. The summed E-state index contributed by atoms with van der Waals surface area (Å²) in [5.41, 5.74) is 3.46. The van der Waals surface area contributed by atoms with Crippen molar-refractivity contribution in [1.29, 1.82) is 0 Å². The van der Waals surface area contributed by atoms with Gasteiger partial charge in [-0.15, -0.1) is 0 Å². The number of halogens is 1. The molecule has 3 rings (SSSR count). The maximum atomic E-state index is 13.2. The summed E-state index contributed by atoms with van der Waals surface area (Å²) in [5, 5.41) is 5.51. The van der Waals surface area contributed by atoms with Crippen LogP contribution < -0.4 is 16.2 Å². The fourth-order valence-electron chi connectivity index (χ4n) is 2.92. The number of carbonyl (C=O) groups excluding carboxylic acids is 1. The highest BCUT2D eigenvalue weighted by atomic mass is 19.1. The Morgan fingerprint density at radius 1 is 1.07 bits per heavy atom. The third-order valence-corrected chi connectivity index (χ3v) is 4.22. The lowest BCUT2D eigenvalue weighted by molar-refractivity contribution is 0.250. The van der Waals surface area contributed by atoms with Crippen LogP contribution >= 0.6 is 0 Å². The summed E-state index contributed by atoms with van der Waals surface area (Å²) in [5.74, 6) is -0.312. The molecule has 0 spiro atoms. The quantitative estimate of drug-likeness (QED) is 0.702. The van der Waals surface area contributed by atoms with E-state index in [9.17, 15) is 14.0 Å². The number of hydrogen-bond donors (Lipinski definition) is 2. The SMILES string of the molecule is Cc1cc(=O)n(-c2cccc(NC(=O)NC(C)C)c2)cc1-c1ccc(F)cc1. The fourth-order valence-corrected chi connectivity index (χ4v) is 2.92. The molecule has 3 aromatic rings. The molecule has 0 fully saturated rings. The Morgan fingerprint density at radius 2 is 1.79 bits per heavy atom. The summed E-state index contributed by atoms with van der Waals surface area (Å²) < 4.78 is 14.8. The molecule has 28 heavy (non-hydrogen) atoms. The third kappa shape index (κ3) is 4.46. The van der Waals surface area contributed by atoms with Crippen molar-refractivity contribution in [1.82, 2.24) is 9.88 Å². The zero-order valence-corrected chi connectivity index (χ0v) is 16.0. The van der Waals surface area contributed by atoms with Crippen molar-refractivity contribution >= 4 is 11.7 Å². The van der Waals surface area contributed by atoms with Crippen LogP contribution in [0.25, 0.3) is 16.8 Å². The number of pyridine rings is 1. The van der Waals surface area contributed by atoms with E-state index in [4.69, 9.17) is 0 Å². The summed E-state index contributed by atoms with van der Waals surface area (Å²) in [4.78, 5) is 24.5. The number of benzene rings is 2. The number of aromatic nitrogens is 1. The van der Waals surface area contributed by atoms with Gasteiger partial charge < -0.3 is 10.6 Å². The maximum Gasteiger partial charge on any atom is 0.319 e. The van der Waals surface area contributed by atoms with Gasteiger partial charge in [-0.05, 0) is 62.2 Å². The first-order chi connectivity index (χ1) is 13.3. The molecule has 144 valence electrons. The van der Waals surface area contributed by atoms with Crippen molar-refractivity contribution in [3.63, 3.8) is 0 Å². The first-order valence-electron chi connectivity index (χ1n) is 9.00. The Balaban J connectivity index is 1.98. The Hall–Kier alpha value is -3.41. The second-order valence-electron chi connectivity index (χ2n) is 6.89. The maximum absolute atomic E-state index is 13.2. The molecule has 5 nitrogen and oxygen atoms in total. The van der Waals surface area contributed by atoms with Crippen molar-refractivity contribution in [2.75, 3.05) is 5.32 Å². The monoisotopic (exact) mass is 379 g/mol. The molecule has 0 saturated carbocycles. The number of carbonyl (C=O) groups is 1. The summed E-state index contributed by atoms with van der Waals surface area (Å²) in [6.45, 7) is 5.59. The summed E-state index contributed by atoms with van der Waals surface area (Å²) in [6, 6.07) is 14.4. The molecule has 0 aliphatic carbocycles. The molecule has 0 radical (unpaired) electrons. The van der Waals surface area contributed by atoms with E-state index in [0.717, 1.165) is 16.7 Å². The number of rotatable bonds is 4. The van der Waals surface area contributed by atoms with Crippen LogP contribution in [-0.4, -0.2) is 16.6 Å². The van der Waals surface area contributed by atoms with Gasteiger partial charge in [-0.2, -0.15) is 0 Å². The minimum Gasteiger partial charge on any atom is -0.336 e. The van der Waals surface area contributed by atoms with Crippen molar-refractivity contribution in [3.05, 3.63) is 82.5 Å². The van der Waals surface area contributed by atoms with E-state index in [0.29, 0.717) is 11.4 Å². The first-order valence-corrected chi connectivity index (χ1v) is 9.00. The van der Waals surface area contributed by atoms with Crippen molar-refractivity contribution in [2.24, 2.45) is 0 Å². The van der Waals surface area contributed by atoms with E-state index < -0.39 is 0 Å². The van der Waals surface area contributed by atoms with Crippen LogP contribution in [0.1, 0.15) is 19.4 Å². The summed E-state index contributed by atoms with van der Waals surface area (Å²) >= 11 is 0. The molecule has 0 saturated heterocycles. The van der Waals surface area contributed by atoms with Gasteiger partial charge in [0.05, 0.1) is 5.69 Å².